The van der Waals surface area contributed by atoms with Gasteiger partial charge in [0.25, 0.3) is 10.0 Å². The zero-order valence-corrected chi connectivity index (χ0v) is 12.4. The molecule has 2 rings (SSSR count). The Hall–Kier alpha value is -1.72. The van der Waals surface area contributed by atoms with E-state index in [0.29, 0.717) is 18.0 Å². The molecule has 0 fully saturated rings. The zero-order valence-electron chi connectivity index (χ0n) is 10.8. The van der Waals surface area contributed by atoms with Gasteiger partial charge in [-0.2, -0.15) is 0 Å². The van der Waals surface area contributed by atoms with Gasteiger partial charge in [-0.1, -0.05) is 35.9 Å². The maximum absolute atomic E-state index is 12.3. The first-order valence-electron chi connectivity index (χ1n) is 6.04. The molecule has 0 radical (unpaired) electrons. The molecule has 0 aliphatic heterocycles. The van der Waals surface area contributed by atoms with Crippen molar-refractivity contribution in [2.45, 2.75) is 11.8 Å². The molecule has 4 nitrogen and oxygen atoms in total. The number of ether oxygens (including phenoxy) is 1. The second-order valence-electron chi connectivity index (χ2n) is 3.97. The molecule has 0 saturated carbocycles. The summed E-state index contributed by atoms with van der Waals surface area (Å²) in [6, 6.07) is 13.1. The highest BCUT2D eigenvalue weighted by molar-refractivity contribution is 7.92. The monoisotopic (exact) mass is 311 g/mol. The van der Waals surface area contributed by atoms with Crippen LogP contribution in [0.15, 0.2) is 53.4 Å². The third kappa shape index (κ3) is 3.23. The maximum Gasteiger partial charge on any atom is 0.263 e. The predicted octanol–water partition coefficient (Wildman–Crippen LogP) is 3.54. The normalized spacial score (nSPS) is 11.1. The summed E-state index contributed by atoms with van der Waals surface area (Å²) < 4.78 is 32.5. The van der Waals surface area contributed by atoms with E-state index in [4.69, 9.17) is 16.3 Å². The van der Waals surface area contributed by atoms with Crippen LogP contribution < -0.4 is 9.46 Å². The highest BCUT2D eigenvalue weighted by Gasteiger charge is 2.19. The number of hydrogen-bond donors (Lipinski definition) is 1. The lowest BCUT2D eigenvalue weighted by Crippen LogP contribution is -2.14. The quantitative estimate of drug-likeness (QED) is 0.919. The van der Waals surface area contributed by atoms with E-state index in [1.54, 1.807) is 36.4 Å². The van der Waals surface area contributed by atoms with Crippen molar-refractivity contribution in [3.8, 4) is 5.75 Å². The minimum Gasteiger partial charge on any atom is -0.492 e. The van der Waals surface area contributed by atoms with E-state index in [-0.39, 0.29) is 9.92 Å². The van der Waals surface area contributed by atoms with E-state index >= 15 is 0 Å². The molecule has 1 N–H and O–H groups in total. The van der Waals surface area contributed by atoms with Crippen molar-refractivity contribution >= 4 is 27.3 Å². The van der Waals surface area contributed by atoms with E-state index in [0.717, 1.165) is 0 Å². The minimum atomic E-state index is -3.75. The summed E-state index contributed by atoms with van der Waals surface area (Å²) in [5, 5.41) is 0.175. The summed E-state index contributed by atoms with van der Waals surface area (Å²) in [5.41, 5.74) is 0.384. The smallest absolute Gasteiger partial charge is 0.263 e. The van der Waals surface area contributed by atoms with Gasteiger partial charge in [-0.25, -0.2) is 8.42 Å². The fourth-order valence-corrected chi connectivity index (χ4v) is 3.29. The van der Waals surface area contributed by atoms with Gasteiger partial charge in [-0.05, 0) is 31.2 Å². The average molecular weight is 312 g/mol. The van der Waals surface area contributed by atoms with Gasteiger partial charge in [0, 0.05) is 0 Å². The number of halogens is 1. The molecule has 6 heteroatoms. The van der Waals surface area contributed by atoms with Crippen molar-refractivity contribution in [2.75, 3.05) is 11.3 Å². The van der Waals surface area contributed by atoms with Crippen molar-refractivity contribution in [1.82, 2.24) is 0 Å². The number of para-hydroxylation sites is 2. The number of anilines is 1. The van der Waals surface area contributed by atoms with Crippen molar-refractivity contribution in [1.29, 1.82) is 0 Å². The lowest BCUT2D eigenvalue weighted by Gasteiger charge is -2.13. The molecule has 0 aliphatic rings. The summed E-state index contributed by atoms with van der Waals surface area (Å²) in [6.45, 7) is 2.28. The standard InChI is InChI=1S/C14H14ClNO3S/c1-2-19-13-9-5-4-8-12(13)16-20(17,18)14-10-6-3-7-11(14)15/h3-10,16H,2H2,1H3. The number of nitrogens with one attached hydrogen (secondary N) is 1. The summed E-state index contributed by atoms with van der Waals surface area (Å²) >= 11 is 5.93. The molecule has 0 aliphatic carbocycles. The van der Waals surface area contributed by atoms with Crippen molar-refractivity contribution in [2.24, 2.45) is 0 Å². The number of sulfonamides is 1. The summed E-state index contributed by atoms with van der Waals surface area (Å²) in [5.74, 6) is 0.477. The molecular formula is C14H14ClNO3S. The Labute approximate surface area is 123 Å². The van der Waals surface area contributed by atoms with Gasteiger partial charge in [0.2, 0.25) is 0 Å². The van der Waals surface area contributed by atoms with Crippen LogP contribution in [0.3, 0.4) is 0 Å². The molecule has 2 aromatic rings. The molecule has 106 valence electrons. The van der Waals surface area contributed by atoms with E-state index in [1.807, 2.05) is 6.92 Å². The van der Waals surface area contributed by atoms with Crippen LogP contribution in [-0.4, -0.2) is 15.0 Å². The van der Waals surface area contributed by atoms with Crippen LogP contribution in [0.25, 0.3) is 0 Å². The summed E-state index contributed by atoms with van der Waals surface area (Å²) in [4.78, 5) is 0.0352. The number of hydrogen-bond acceptors (Lipinski definition) is 3. The molecule has 2 aromatic carbocycles. The Bertz CT molecular complexity index is 701. The van der Waals surface area contributed by atoms with Gasteiger partial charge in [0.05, 0.1) is 17.3 Å². The van der Waals surface area contributed by atoms with Crippen LogP contribution in [0.1, 0.15) is 6.92 Å². The van der Waals surface area contributed by atoms with E-state index < -0.39 is 10.0 Å². The van der Waals surface area contributed by atoms with Gasteiger partial charge in [0.1, 0.15) is 10.6 Å². The molecule has 0 amide bonds. The molecule has 0 atom stereocenters. The van der Waals surface area contributed by atoms with Crippen LogP contribution >= 0.6 is 11.6 Å². The van der Waals surface area contributed by atoms with Crippen LogP contribution in [-0.2, 0) is 10.0 Å². The first kappa shape index (κ1) is 14.7. The number of benzene rings is 2. The Balaban J connectivity index is 2.37. The highest BCUT2D eigenvalue weighted by atomic mass is 35.5. The van der Waals surface area contributed by atoms with Crippen LogP contribution in [0.2, 0.25) is 5.02 Å². The lowest BCUT2D eigenvalue weighted by atomic mass is 10.3. The predicted molar refractivity (Wildman–Crippen MR) is 79.9 cm³/mol. The molecule has 20 heavy (non-hydrogen) atoms. The first-order chi connectivity index (χ1) is 9.54. The number of rotatable bonds is 5. The molecule has 0 bridgehead atoms. The fourth-order valence-electron chi connectivity index (χ4n) is 1.69. The Morgan fingerprint density at radius 3 is 2.45 bits per heavy atom. The van der Waals surface area contributed by atoms with Gasteiger partial charge in [0.15, 0.2) is 0 Å². The fraction of sp³-hybridized carbons (Fsp3) is 0.143. The maximum atomic E-state index is 12.3. The Morgan fingerprint density at radius 2 is 1.75 bits per heavy atom. The molecular weight excluding hydrogens is 298 g/mol. The Kier molecular flexibility index (Phi) is 4.52. The topological polar surface area (TPSA) is 55.4 Å². The lowest BCUT2D eigenvalue weighted by molar-refractivity contribution is 0.342. The first-order valence-corrected chi connectivity index (χ1v) is 7.90. The van der Waals surface area contributed by atoms with Crippen LogP contribution in [0.4, 0.5) is 5.69 Å². The zero-order chi connectivity index (χ0) is 14.6. The minimum absolute atomic E-state index is 0.0352. The average Bonchev–Trinajstić information content (AvgIpc) is 2.41. The summed E-state index contributed by atoms with van der Waals surface area (Å²) in [7, 11) is -3.75. The van der Waals surface area contributed by atoms with Gasteiger partial charge in [-0.3, -0.25) is 4.72 Å². The van der Waals surface area contributed by atoms with E-state index in [9.17, 15) is 8.42 Å². The van der Waals surface area contributed by atoms with Crippen molar-refractivity contribution < 1.29 is 13.2 Å². The van der Waals surface area contributed by atoms with Crippen LogP contribution in [0, 0.1) is 0 Å². The largest absolute Gasteiger partial charge is 0.492 e. The highest BCUT2D eigenvalue weighted by Crippen LogP contribution is 2.28. The van der Waals surface area contributed by atoms with Crippen molar-refractivity contribution in [3.05, 3.63) is 53.6 Å². The molecule has 0 spiro atoms. The third-order valence-corrected chi connectivity index (χ3v) is 4.42. The van der Waals surface area contributed by atoms with Crippen molar-refractivity contribution in [3.63, 3.8) is 0 Å². The van der Waals surface area contributed by atoms with Gasteiger partial charge in [-0.15, -0.1) is 0 Å². The molecule has 0 heterocycles. The molecule has 0 unspecified atom stereocenters. The Morgan fingerprint density at radius 1 is 1.10 bits per heavy atom. The third-order valence-electron chi connectivity index (χ3n) is 2.56. The van der Waals surface area contributed by atoms with E-state index in [1.165, 1.54) is 12.1 Å². The van der Waals surface area contributed by atoms with E-state index in [2.05, 4.69) is 4.72 Å². The SMILES string of the molecule is CCOc1ccccc1NS(=O)(=O)c1ccccc1Cl. The second kappa shape index (κ2) is 6.15. The second-order valence-corrected chi connectivity index (χ2v) is 6.02. The molecule has 0 saturated heterocycles. The molecule has 0 aromatic heterocycles. The summed E-state index contributed by atoms with van der Waals surface area (Å²) in [6.07, 6.45) is 0. The van der Waals surface area contributed by atoms with Gasteiger partial charge >= 0.3 is 0 Å². The van der Waals surface area contributed by atoms with Crippen LogP contribution in [0.5, 0.6) is 5.75 Å². The van der Waals surface area contributed by atoms with Gasteiger partial charge < -0.3 is 4.74 Å².